The minimum absolute atomic E-state index is 0.817. The summed E-state index contributed by atoms with van der Waals surface area (Å²) in [6, 6.07) is 0.890. The Balaban J connectivity index is 0.000000791. The van der Waals surface area contributed by atoms with Crippen LogP contribution in [0.25, 0.3) is 0 Å². The summed E-state index contributed by atoms with van der Waals surface area (Å²) in [4.78, 5) is 2.56. The van der Waals surface area contributed by atoms with Crippen molar-refractivity contribution in [2.75, 3.05) is 13.6 Å². The zero-order chi connectivity index (χ0) is 11.0. The fraction of sp³-hybridized carbons (Fsp3) is 1.00. The first-order valence-corrected chi connectivity index (χ1v) is 6.40. The van der Waals surface area contributed by atoms with Gasteiger partial charge in [-0.05, 0) is 25.8 Å². The van der Waals surface area contributed by atoms with Crippen LogP contribution >= 0.6 is 0 Å². The van der Waals surface area contributed by atoms with E-state index in [1.54, 1.807) is 0 Å². The summed E-state index contributed by atoms with van der Waals surface area (Å²) in [5.41, 5.74) is 0. The maximum atomic E-state index is 2.56. The van der Waals surface area contributed by atoms with Gasteiger partial charge >= 0.3 is 0 Å². The zero-order valence-corrected chi connectivity index (χ0v) is 10.8. The van der Waals surface area contributed by atoms with E-state index in [2.05, 4.69) is 25.8 Å². The third-order valence-electron chi connectivity index (χ3n) is 2.85. The number of hydrogen-bond donors (Lipinski definition) is 0. The van der Waals surface area contributed by atoms with Gasteiger partial charge in [0.25, 0.3) is 0 Å². The molecule has 1 fully saturated rings. The lowest BCUT2D eigenvalue weighted by atomic mass is 9.94. The van der Waals surface area contributed by atoms with Crippen LogP contribution in [0.2, 0.25) is 0 Å². The molecule has 1 aliphatic rings. The standard InChI is InChI=1S/C11H23N.C2H6/c1-10(2)9-12(3)11-7-5-4-6-8-11;1-2/h10-11H,4-9H2,1-3H3;1-2H3. The average Bonchev–Trinajstić information content (AvgIpc) is 2.21. The molecule has 0 aliphatic heterocycles. The van der Waals surface area contributed by atoms with Crippen molar-refractivity contribution in [1.29, 1.82) is 0 Å². The lowest BCUT2D eigenvalue weighted by Crippen LogP contribution is -2.35. The van der Waals surface area contributed by atoms with Gasteiger partial charge in [-0.3, -0.25) is 0 Å². The molecule has 0 N–H and O–H groups in total. The van der Waals surface area contributed by atoms with Crippen molar-refractivity contribution in [2.24, 2.45) is 5.92 Å². The van der Waals surface area contributed by atoms with E-state index in [-0.39, 0.29) is 0 Å². The lowest BCUT2D eigenvalue weighted by molar-refractivity contribution is 0.174. The number of nitrogens with zero attached hydrogens (tertiary/aromatic N) is 1. The summed E-state index contributed by atoms with van der Waals surface area (Å²) in [7, 11) is 2.29. The molecule has 0 atom stereocenters. The Morgan fingerprint density at radius 2 is 1.57 bits per heavy atom. The lowest BCUT2D eigenvalue weighted by Gasteiger charge is -2.32. The van der Waals surface area contributed by atoms with Crippen LogP contribution in [0.3, 0.4) is 0 Å². The molecule has 86 valence electrons. The van der Waals surface area contributed by atoms with E-state index in [9.17, 15) is 0 Å². The molecule has 0 aromatic carbocycles. The van der Waals surface area contributed by atoms with Crippen LogP contribution in [-0.2, 0) is 0 Å². The van der Waals surface area contributed by atoms with Crippen molar-refractivity contribution in [3.8, 4) is 0 Å². The highest BCUT2D eigenvalue weighted by molar-refractivity contribution is 4.73. The van der Waals surface area contributed by atoms with E-state index >= 15 is 0 Å². The minimum atomic E-state index is 0.817. The first-order valence-electron chi connectivity index (χ1n) is 6.40. The predicted octanol–water partition coefficient (Wildman–Crippen LogP) is 3.93. The Morgan fingerprint density at radius 3 is 2.00 bits per heavy atom. The number of hydrogen-bond acceptors (Lipinski definition) is 1. The summed E-state index contributed by atoms with van der Waals surface area (Å²) in [6.45, 7) is 9.88. The first-order chi connectivity index (χ1) is 6.70. The largest absolute Gasteiger partial charge is 0.303 e. The van der Waals surface area contributed by atoms with E-state index in [0.717, 1.165) is 12.0 Å². The highest BCUT2D eigenvalue weighted by Gasteiger charge is 2.17. The molecule has 0 radical (unpaired) electrons. The van der Waals surface area contributed by atoms with Crippen LogP contribution < -0.4 is 0 Å². The Bertz CT molecular complexity index is 114. The Kier molecular flexibility index (Phi) is 8.26. The van der Waals surface area contributed by atoms with Gasteiger partial charge in [-0.25, -0.2) is 0 Å². The maximum absolute atomic E-state index is 2.56. The van der Waals surface area contributed by atoms with Crippen LogP contribution in [0.15, 0.2) is 0 Å². The van der Waals surface area contributed by atoms with Crippen molar-refractivity contribution < 1.29 is 0 Å². The topological polar surface area (TPSA) is 3.24 Å². The zero-order valence-electron chi connectivity index (χ0n) is 10.8. The monoisotopic (exact) mass is 199 g/mol. The second-order valence-corrected chi connectivity index (χ2v) is 4.63. The van der Waals surface area contributed by atoms with Gasteiger partial charge in [0.1, 0.15) is 0 Å². The van der Waals surface area contributed by atoms with Crippen LogP contribution in [0.1, 0.15) is 59.8 Å². The first kappa shape index (κ1) is 14.0. The quantitative estimate of drug-likeness (QED) is 0.665. The molecule has 0 bridgehead atoms. The summed E-state index contributed by atoms with van der Waals surface area (Å²) in [6.07, 6.45) is 7.23. The minimum Gasteiger partial charge on any atom is -0.303 e. The van der Waals surface area contributed by atoms with Crippen LogP contribution in [0.4, 0.5) is 0 Å². The highest BCUT2D eigenvalue weighted by Crippen LogP contribution is 2.21. The number of rotatable bonds is 3. The average molecular weight is 199 g/mol. The maximum Gasteiger partial charge on any atom is 0.00923 e. The fourth-order valence-corrected chi connectivity index (χ4v) is 2.25. The van der Waals surface area contributed by atoms with E-state index in [1.807, 2.05) is 13.8 Å². The molecule has 0 unspecified atom stereocenters. The Labute approximate surface area is 90.9 Å². The molecule has 0 spiro atoms. The fourth-order valence-electron chi connectivity index (χ4n) is 2.25. The van der Waals surface area contributed by atoms with Gasteiger partial charge in [-0.15, -0.1) is 0 Å². The summed E-state index contributed by atoms with van der Waals surface area (Å²) >= 11 is 0. The molecular weight excluding hydrogens is 170 g/mol. The van der Waals surface area contributed by atoms with Crippen molar-refractivity contribution in [2.45, 2.75) is 65.8 Å². The van der Waals surface area contributed by atoms with E-state index in [1.165, 1.54) is 38.6 Å². The van der Waals surface area contributed by atoms with Gasteiger partial charge in [0, 0.05) is 12.6 Å². The molecule has 0 amide bonds. The summed E-state index contributed by atoms with van der Waals surface area (Å²) in [5.74, 6) is 0.817. The third kappa shape index (κ3) is 5.64. The molecular formula is C13H29N. The SMILES string of the molecule is CC.CC(C)CN(C)C1CCCCC1. The Morgan fingerprint density at radius 1 is 1.07 bits per heavy atom. The highest BCUT2D eigenvalue weighted by atomic mass is 15.1. The van der Waals surface area contributed by atoms with Gasteiger partial charge in [-0.2, -0.15) is 0 Å². The van der Waals surface area contributed by atoms with Crippen molar-refractivity contribution in [3.05, 3.63) is 0 Å². The Hall–Kier alpha value is -0.0400. The smallest absolute Gasteiger partial charge is 0.00923 e. The second-order valence-electron chi connectivity index (χ2n) is 4.63. The van der Waals surface area contributed by atoms with Crippen LogP contribution in [0, 0.1) is 5.92 Å². The van der Waals surface area contributed by atoms with Crippen molar-refractivity contribution in [3.63, 3.8) is 0 Å². The molecule has 1 heteroatoms. The summed E-state index contributed by atoms with van der Waals surface area (Å²) in [5, 5.41) is 0. The van der Waals surface area contributed by atoms with Crippen molar-refractivity contribution >= 4 is 0 Å². The normalized spacial score (nSPS) is 18.2. The van der Waals surface area contributed by atoms with E-state index in [0.29, 0.717) is 0 Å². The van der Waals surface area contributed by atoms with Crippen LogP contribution in [-0.4, -0.2) is 24.5 Å². The molecule has 14 heavy (non-hydrogen) atoms. The van der Waals surface area contributed by atoms with E-state index in [4.69, 9.17) is 0 Å². The molecule has 1 aliphatic carbocycles. The molecule has 0 heterocycles. The summed E-state index contributed by atoms with van der Waals surface area (Å²) < 4.78 is 0. The van der Waals surface area contributed by atoms with Gasteiger partial charge in [-0.1, -0.05) is 47.0 Å². The van der Waals surface area contributed by atoms with E-state index < -0.39 is 0 Å². The molecule has 0 aromatic rings. The molecule has 1 saturated carbocycles. The second kappa shape index (κ2) is 8.28. The predicted molar refractivity (Wildman–Crippen MR) is 65.7 cm³/mol. The molecule has 0 aromatic heterocycles. The molecule has 1 nitrogen and oxygen atoms in total. The van der Waals surface area contributed by atoms with Gasteiger partial charge in [0.2, 0.25) is 0 Å². The third-order valence-corrected chi connectivity index (χ3v) is 2.85. The van der Waals surface area contributed by atoms with Crippen LogP contribution in [0.5, 0.6) is 0 Å². The van der Waals surface area contributed by atoms with Gasteiger partial charge in [0.15, 0.2) is 0 Å². The van der Waals surface area contributed by atoms with Gasteiger partial charge in [0.05, 0.1) is 0 Å². The van der Waals surface area contributed by atoms with Crippen molar-refractivity contribution in [1.82, 2.24) is 4.90 Å². The molecule has 1 rings (SSSR count). The molecule has 0 saturated heterocycles. The van der Waals surface area contributed by atoms with Gasteiger partial charge < -0.3 is 4.90 Å².